The van der Waals surface area contributed by atoms with Crippen molar-refractivity contribution >= 4 is 41.6 Å². The number of nitrogens with one attached hydrogen (secondary N) is 4. The molecule has 9 fully saturated rings. The molecule has 22 nitrogen and oxygen atoms in total. The Morgan fingerprint density at radius 2 is 0.817 bits per heavy atom. The predicted octanol–water partition coefficient (Wildman–Crippen LogP) is 12.6. The van der Waals surface area contributed by atoms with Crippen LogP contribution in [-0.4, -0.2) is 356 Å². The van der Waals surface area contributed by atoms with Crippen molar-refractivity contribution in [2.24, 2.45) is 65.1 Å². The molecule has 10 heterocycles. The Morgan fingerprint density at radius 1 is 0.408 bits per heavy atom. The molecule has 9 saturated heterocycles. The molecule has 0 atom stereocenters. The van der Waals surface area contributed by atoms with Gasteiger partial charge in [-0.25, -0.2) is 0 Å². The molecule has 0 spiro atoms. The van der Waals surface area contributed by atoms with E-state index in [9.17, 15) is 24.0 Å². The van der Waals surface area contributed by atoms with Crippen LogP contribution in [0.15, 0.2) is 54.9 Å². The first kappa shape index (κ1) is 114. The lowest BCUT2D eigenvalue weighted by Gasteiger charge is -2.35. The SMILES string of the molecule is CC(C)CCN1CCNCC1.CC(C)CN1CCCC1.CC(C)CN1CCCCC1.CC(C)CN1CCN(C)CC1=O.CC(C)CN1CCN(Cc2ccccc2)CC1=O.CC(C)CN1CCNC(=O)C1.CC(C)CN1CCNCC1.CC(C)CN1CCOCC1.CC(C)CN1CCSCC1.CC(C)CNCC(=O)C=O.CC(C)Cn1cccc1. The number of morpholine rings is 1. The molecule has 9 aliphatic rings. The van der Waals surface area contributed by atoms with E-state index in [1.54, 1.807) is 0 Å². The zero-order chi connectivity index (χ0) is 89.4. The van der Waals surface area contributed by atoms with Crippen LogP contribution >= 0.6 is 11.8 Å². The Balaban J connectivity index is 0.000000664. The molecule has 2 aromatic rings. The van der Waals surface area contributed by atoms with Crippen LogP contribution in [0, 0.1) is 65.1 Å². The number of piperidine rings is 1. The largest absolute Gasteiger partial charge is 0.379 e. The van der Waals surface area contributed by atoms with Crippen molar-refractivity contribution in [3.8, 4) is 0 Å². The Hall–Kier alpha value is -3.92. The van der Waals surface area contributed by atoms with E-state index in [-0.39, 0.29) is 30.0 Å². The maximum atomic E-state index is 12.0. The molecule has 1 aromatic carbocycles. The molecular formula is C97H190N16O6S. The summed E-state index contributed by atoms with van der Waals surface area (Å²) in [6.45, 7) is 91.4. The molecule has 0 saturated carbocycles. The number of amides is 3. The molecule has 11 rings (SSSR count). The molecule has 3 amide bonds. The summed E-state index contributed by atoms with van der Waals surface area (Å²) in [6.07, 6.45) is 13.0. The number of benzene rings is 1. The first-order valence-corrected chi connectivity index (χ1v) is 49.0. The second kappa shape index (κ2) is 72.1. The second-order valence-electron chi connectivity index (χ2n) is 39.3. The van der Waals surface area contributed by atoms with Crippen molar-refractivity contribution in [1.29, 1.82) is 0 Å². The van der Waals surface area contributed by atoms with Gasteiger partial charge in [-0.1, -0.05) is 189 Å². The number of rotatable bonds is 28. The fourth-order valence-electron chi connectivity index (χ4n) is 15.2. The van der Waals surface area contributed by atoms with Gasteiger partial charge in [0.1, 0.15) is 0 Å². The van der Waals surface area contributed by atoms with Crippen molar-refractivity contribution in [2.45, 2.75) is 204 Å². The van der Waals surface area contributed by atoms with Gasteiger partial charge >= 0.3 is 0 Å². The first-order chi connectivity index (χ1) is 57.1. The van der Waals surface area contributed by atoms with Gasteiger partial charge in [0, 0.05) is 207 Å². The molecule has 120 heavy (non-hydrogen) atoms. The molecule has 0 radical (unpaired) electrons. The topological polar surface area (TPSA) is 183 Å². The van der Waals surface area contributed by atoms with Crippen molar-refractivity contribution in [3.05, 3.63) is 60.4 Å². The van der Waals surface area contributed by atoms with E-state index in [4.69, 9.17) is 4.74 Å². The summed E-state index contributed by atoms with van der Waals surface area (Å²) < 4.78 is 7.44. The number of ether oxygens (including phenoxy) is 1. The Bertz CT molecular complexity index is 2610. The van der Waals surface area contributed by atoms with E-state index in [1.165, 1.54) is 186 Å². The average Bonchev–Trinajstić information content (AvgIpc) is 0.950. The third-order valence-electron chi connectivity index (χ3n) is 20.7. The van der Waals surface area contributed by atoms with E-state index in [1.807, 2.05) is 48.9 Å². The Morgan fingerprint density at radius 3 is 1.24 bits per heavy atom. The van der Waals surface area contributed by atoms with Crippen LogP contribution in [0.25, 0.3) is 0 Å². The highest BCUT2D eigenvalue weighted by atomic mass is 32.2. The minimum atomic E-state index is -0.388. The fraction of sp³-hybridized carbons (Fsp3) is 0.845. The summed E-state index contributed by atoms with van der Waals surface area (Å²) in [7, 11) is 1.99. The van der Waals surface area contributed by atoms with Crippen molar-refractivity contribution in [1.82, 2.24) is 79.7 Å². The molecule has 0 bridgehead atoms. The van der Waals surface area contributed by atoms with Crippen molar-refractivity contribution in [2.75, 3.05) is 267 Å². The number of ketones is 1. The molecule has 700 valence electrons. The fourth-order valence-corrected chi connectivity index (χ4v) is 16.1. The standard InChI is InChI=1S/C15H22N2O.C9H18N2O.C9H20N2.C9H19N.C8H16N2O.C8H18N2.C8H17NO.C8H17NS.C8H17N.C8H13N.C7H13NO2/c1-13(2)10-17-9-8-16(12-15(17)18)11-14-6-4-3-5-7-14;1-8(2)6-11-5-4-10(3)7-9(11)12;1-9(2)3-6-11-7-4-10-5-8-11;1-9(2)8-10-6-4-3-5-7-10;1-7(2)5-10-4-3-9-8(11)6-10;1-8(2)7-10-5-3-9-4-6-10;2*1-8(2)7-9-3-5-10-6-4-9;2*1-8(2)7-9-5-3-4-6-9;1-6(2)3-8-4-7(10)5-9/h3-7,13H,8-12H2,1-2H3;8H,4-7H2,1-3H3;9-10H,3-8H2,1-2H3;9H,3-8H2,1-2H3;7H,3-6H2,1-2H3,(H,9,11);8-9H,3-7H2,1-2H3;2*8H,3-7H2,1-2H3;8H,3-7H2,1-2H3;3-6,8H,7H2,1-2H3;5-6,8H,3-4H2,1-2H3. The Kier molecular flexibility index (Phi) is 68.6. The van der Waals surface area contributed by atoms with Gasteiger partial charge in [-0.3, -0.25) is 43.6 Å². The van der Waals surface area contributed by atoms with Gasteiger partial charge in [0.15, 0.2) is 6.29 Å². The number of thioether (sulfide) groups is 1. The van der Waals surface area contributed by atoms with Crippen LogP contribution in [0.1, 0.15) is 196 Å². The van der Waals surface area contributed by atoms with Crippen LogP contribution in [-0.2, 0) is 41.8 Å². The quantitative estimate of drug-likeness (QED) is 0.0466. The van der Waals surface area contributed by atoms with Crippen molar-refractivity contribution < 1.29 is 28.7 Å². The highest BCUT2D eigenvalue weighted by Crippen LogP contribution is 2.15. The van der Waals surface area contributed by atoms with E-state index in [0.29, 0.717) is 49.6 Å². The number of aromatic nitrogens is 1. The molecule has 1 aromatic heterocycles. The van der Waals surface area contributed by atoms with Gasteiger partial charge in [0.2, 0.25) is 23.5 Å². The number of Topliss-reactive ketones (excluding diaryl/α,β-unsaturated/α-hetero) is 1. The van der Waals surface area contributed by atoms with Crippen LogP contribution in [0.2, 0.25) is 0 Å². The number of carbonyl (C=O) groups excluding carboxylic acids is 5. The molecule has 0 unspecified atom stereocenters. The van der Waals surface area contributed by atoms with Crippen LogP contribution in [0.3, 0.4) is 0 Å². The average molecular weight is 1710 g/mol. The lowest BCUT2D eigenvalue weighted by molar-refractivity contribution is -0.137. The maximum absolute atomic E-state index is 12.0. The van der Waals surface area contributed by atoms with Gasteiger partial charge < -0.3 is 64.9 Å². The number of hydrogen-bond donors (Lipinski definition) is 4. The summed E-state index contributed by atoms with van der Waals surface area (Å²) in [6, 6.07) is 14.5. The van der Waals surface area contributed by atoms with E-state index >= 15 is 0 Å². The van der Waals surface area contributed by atoms with Gasteiger partial charge in [0.05, 0.1) is 39.4 Å². The molecule has 0 aliphatic carbocycles. The second-order valence-corrected chi connectivity index (χ2v) is 40.5. The van der Waals surface area contributed by atoms with Crippen LogP contribution in [0.4, 0.5) is 0 Å². The number of carbonyl (C=O) groups is 5. The molecule has 9 aliphatic heterocycles. The van der Waals surface area contributed by atoms with E-state index < -0.39 is 0 Å². The third kappa shape index (κ3) is 67.4. The number of piperazine rings is 5. The van der Waals surface area contributed by atoms with Crippen LogP contribution in [0.5, 0.6) is 0 Å². The maximum Gasteiger partial charge on any atom is 0.236 e. The third-order valence-corrected chi connectivity index (χ3v) is 21.6. The highest BCUT2D eigenvalue weighted by molar-refractivity contribution is 7.99. The van der Waals surface area contributed by atoms with Gasteiger partial charge in [-0.05, 0) is 161 Å². The molecular weight excluding hydrogens is 1520 g/mol. The van der Waals surface area contributed by atoms with E-state index in [2.05, 4.69) is 257 Å². The van der Waals surface area contributed by atoms with Gasteiger partial charge in [0.25, 0.3) is 0 Å². The first-order valence-electron chi connectivity index (χ1n) is 47.8. The number of hydrogen-bond acceptors (Lipinski definition) is 19. The van der Waals surface area contributed by atoms with Gasteiger partial charge in [-0.2, -0.15) is 11.8 Å². The number of likely N-dealkylation sites (tertiary alicyclic amines) is 2. The summed E-state index contributed by atoms with van der Waals surface area (Å²) in [5, 5.41) is 12.4. The minimum absolute atomic E-state index is 0.164. The van der Waals surface area contributed by atoms with Crippen LogP contribution < -0.4 is 21.3 Å². The summed E-state index contributed by atoms with van der Waals surface area (Å²) in [4.78, 5) is 80.2. The molecule has 4 N–H and O–H groups in total. The number of nitrogens with zero attached hydrogens (tertiary/aromatic N) is 12. The Labute approximate surface area is 742 Å². The monoisotopic (exact) mass is 1710 g/mol. The highest BCUT2D eigenvalue weighted by Gasteiger charge is 2.26. The minimum Gasteiger partial charge on any atom is -0.379 e. The summed E-state index contributed by atoms with van der Waals surface area (Å²) >= 11 is 2.08. The van der Waals surface area contributed by atoms with E-state index in [0.717, 1.165) is 146 Å². The van der Waals surface area contributed by atoms with Crippen molar-refractivity contribution in [3.63, 3.8) is 0 Å². The number of likely N-dealkylation sites (N-methyl/N-ethyl adjacent to an activating group) is 1. The normalized spacial score (nSPS) is 19.0. The summed E-state index contributed by atoms with van der Waals surface area (Å²) in [5.74, 6) is 11.0. The predicted molar refractivity (Wildman–Crippen MR) is 514 cm³/mol. The lowest BCUT2D eigenvalue weighted by atomic mass is 10.1. The number of aldehydes is 1. The zero-order valence-corrected chi connectivity index (χ0v) is 82.6. The lowest BCUT2D eigenvalue weighted by Crippen LogP contribution is -2.50. The van der Waals surface area contributed by atoms with Gasteiger partial charge in [-0.15, -0.1) is 0 Å². The molecule has 23 heteroatoms. The summed E-state index contributed by atoms with van der Waals surface area (Å²) in [5.41, 5.74) is 1.28. The smallest absolute Gasteiger partial charge is 0.236 e. The zero-order valence-electron chi connectivity index (χ0n) is 81.8.